The van der Waals surface area contributed by atoms with E-state index in [0.29, 0.717) is 0 Å². The lowest BCUT2D eigenvalue weighted by molar-refractivity contribution is -0.148. The first kappa shape index (κ1) is 30.3. The normalized spacial score (nSPS) is 25.3. The maximum Gasteiger partial charge on any atom is 0.459 e. The van der Waals surface area contributed by atoms with Gasteiger partial charge in [-0.15, -0.1) is 0 Å². The van der Waals surface area contributed by atoms with E-state index >= 15 is 0 Å². The summed E-state index contributed by atoms with van der Waals surface area (Å²) < 4.78 is 37.3. The molecule has 0 bridgehead atoms. The van der Waals surface area contributed by atoms with Gasteiger partial charge in [0.25, 0.3) is 0 Å². The Labute approximate surface area is 226 Å². The lowest BCUT2D eigenvalue weighted by atomic mass is 9.93. The Bertz CT molecular complexity index is 1310. The molecule has 13 nitrogen and oxygen atoms in total. The second-order valence-electron chi connectivity index (χ2n) is 10.6. The molecule has 2 heterocycles. The molecule has 1 saturated heterocycles. The molecule has 3 rings (SSSR count). The molecule has 14 heteroatoms. The smallest absolute Gasteiger partial charge is 0.459 e. The SMILES string of the molecule is [C-]#[N+][C@]1(C)[C@H](O)[C@@H](COP(=O)(N[C@@H](C)C(=O)OCC(C)(C)C)Oc2ccccc2)O[C@H]1n1ccc(N)nc1=O. The summed E-state index contributed by atoms with van der Waals surface area (Å²) >= 11 is 0. The van der Waals surface area contributed by atoms with Crippen molar-refractivity contribution in [3.05, 3.63) is 64.5 Å². The Morgan fingerprint density at radius 1 is 1.36 bits per heavy atom. The zero-order chi connectivity index (χ0) is 29.0. The van der Waals surface area contributed by atoms with Crippen LogP contribution in [-0.2, 0) is 23.4 Å². The van der Waals surface area contributed by atoms with Crippen molar-refractivity contribution in [2.75, 3.05) is 18.9 Å². The number of carbonyl (C=O) groups excluding carboxylic acids is 1. The summed E-state index contributed by atoms with van der Waals surface area (Å²) in [4.78, 5) is 32.1. The van der Waals surface area contributed by atoms with Gasteiger partial charge in [-0.3, -0.25) is 13.9 Å². The average Bonchev–Trinajstić information content (AvgIpc) is 3.11. The molecule has 39 heavy (non-hydrogen) atoms. The van der Waals surface area contributed by atoms with Gasteiger partial charge in [-0.1, -0.05) is 39.0 Å². The number of hydrogen-bond donors (Lipinski definition) is 3. The van der Waals surface area contributed by atoms with Crippen LogP contribution in [0.1, 0.15) is 40.8 Å². The molecular formula is C25H34N5O8P. The monoisotopic (exact) mass is 563 g/mol. The van der Waals surface area contributed by atoms with Gasteiger partial charge in [0, 0.05) is 13.1 Å². The quantitative estimate of drug-likeness (QED) is 0.221. The number of aliphatic hydroxyl groups is 1. The largest absolute Gasteiger partial charge is 0.464 e. The molecule has 2 aromatic rings. The van der Waals surface area contributed by atoms with Crippen molar-refractivity contribution in [2.45, 2.75) is 64.6 Å². The number of rotatable bonds is 10. The molecule has 1 fully saturated rings. The van der Waals surface area contributed by atoms with E-state index in [1.165, 1.54) is 26.1 Å². The highest BCUT2D eigenvalue weighted by molar-refractivity contribution is 7.52. The molecule has 1 aliphatic heterocycles. The predicted molar refractivity (Wildman–Crippen MR) is 141 cm³/mol. The minimum Gasteiger partial charge on any atom is -0.464 e. The number of esters is 1. The number of hydrogen-bond acceptors (Lipinski definition) is 10. The molecule has 0 radical (unpaired) electrons. The third-order valence-electron chi connectivity index (χ3n) is 5.83. The summed E-state index contributed by atoms with van der Waals surface area (Å²) in [5.74, 6) is -0.488. The molecule has 0 saturated carbocycles. The van der Waals surface area contributed by atoms with Crippen LogP contribution in [0.25, 0.3) is 4.85 Å². The predicted octanol–water partition coefficient (Wildman–Crippen LogP) is 2.53. The van der Waals surface area contributed by atoms with Gasteiger partial charge in [0.1, 0.15) is 23.7 Å². The van der Waals surface area contributed by atoms with Crippen LogP contribution >= 0.6 is 7.75 Å². The summed E-state index contributed by atoms with van der Waals surface area (Å²) in [6, 6.07) is 8.43. The number of nitrogens with two attached hydrogens (primary N) is 1. The van der Waals surface area contributed by atoms with Gasteiger partial charge < -0.3 is 29.7 Å². The zero-order valence-electron chi connectivity index (χ0n) is 22.4. The van der Waals surface area contributed by atoms with E-state index < -0.39 is 56.0 Å². The van der Waals surface area contributed by atoms with Crippen molar-refractivity contribution in [3.63, 3.8) is 0 Å². The molecule has 1 aromatic heterocycles. The van der Waals surface area contributed by atoms with E-state index in [9.17, 15) is 19.3 Å². The topological polar surface area (TPSA) is 169 Å². The third kappa shape index (κ3) is 7.44. The molecule has 1 aliphatic rings. The average molecular weight is 564 g/mol. The fourth-order valence-corrected chi connectivity index (χ4v) is 5.19. The van der Waals surface area contributed by atoms with Crippen molar-refractivity contribution in [1.82, 2.24) is 14.6 Å². The van der Waals surface area contributed by atoms with Crippen molar-refractivity contribution in [1.29, 1.82) is 0 Å². The number of ether oxygens (including phenoxy) is 2. The van der Waals surface area contributed by atoms with Gasteiger partial charge >= 0.3 is 24.9 Å². The highest BCUT2D eigenvalue weighted by Crippen LogP contribution is 2.47. The first-order valence-electron chi connectivity index (χ1n) is 12.2. The number of aromatic nitrogens is 2. The molecule has 1 aromatic carbocycles. The third-order valence-corrected chi connectivity index (χ3v) is 7.47. The fraction of sp³-hybridized carbons (Fsp3) is 0.520. The lowest BCUT2D eigenvalue weighted by Crippen LogP contribution is -2.44. The minimum atomic E-state index is -4.27. The molecule has 212 valence electrons. The van der Waals surface area contributed by atoms with Crippen molar-refractivity contribution >= 4 is 19.5 Å². The molecule has 0 spiro atoms. The fourth-order valence-electron chi connectivity index (χ4n) is 3.69. The van der Waals surface area contributed by atoms with Gasteiger partial charge in [0.05, 0.1) is 13.2 Å². The Balaban J connectivity index is 1.81. The Morgan fingerprint density at radius 3 is 2.62 bits per heavy atom. The van der Waals surface area contributed by atoms with Crippen LogP contribution in [0, 0.1) is 12.0 Å². The Kier molecular flexibility index (Phi) is 9.20. The number of nitrogens with zero attached hydrogens (tertiary/aromatic N) is 3. The molecule has 0 amide bonds. The van der Waals surface area contributed by atoms with Gasteiger partial charge in [-0.05, 0) is 30.5 Å². The number of aliphatic hydroxyl groups excluding tert-OH is 1. The summed E-state index contributed by atoms with van der Waals surface area (Å²) in [6.45, 7) is 15.9. The first-order valence-corrected chi connectivity index (χ1v) is 13.7. The van der Waals surface area contributed by atoms with Crippen LogP contribution in [0.2, 0.25) is 0 Å². The van der Waals surface area contributed by atoms with Crippen LogP contribution in [0.3, 0.4) is 0 Å². The van der Waals surface area contributed by atoms with Gasteiger partial charge in [-0.25, -0.2) is 15.9 Å². The standard InChI is InChI=1S/C25H34N5O8P/c1-16(21(32)35-15-24(2,3)4)29-39(34,38-17-10-8-7-9-11-17)36-14-18-20(31)25(5,27-6)22(37-18)30-13-12-19(26)28-23(30)33/h7-13,16,18,20,22,31H,14-15H2,1-5H3,(H,29,34)(H2,26,28,33)/t16-,18+,20+,22+,25+,39?/m0/s1. The second kappa shape index (κ2) is 11.9. The van der Waals surface area contributed by atoms with E-state index in [1.807, 2.05) is 20.8 Å². The number of nitrogens with one attached hydrogen (secondary N) is 1. The minimum absolute atomic E-state index is 0.0144. The maximum atomic E-state index is 13.8. The van der Waals surface area contributed by atoms with E-state index in [4.69, 9.17) is 30.8 Å². The highest BCUT2D eigenvalue weighted by atomic mass is 31.2. The van der Waals surface area contributed by atoms with E-state index in [1.54, 1.807) is 30.3 Å². The van der Waals surface area contributed by atoms with Crippen LogP contribution in [0.15, 0.2) is 47.4 Å². The molecule has 4 N–H and O–H groups in total. The van der Waals surface area contributed by atoms with Crippen molar-refractivity contribution in [3.8, 4) is 5.75 Å². The number of carbonyl (C=O) groups is 1. The molecule has 1 unspecified atom stereocenters. The van der Waals surface area contributed by atoms with E-state index in [2.05, 4.69) is 14.9 Å². The molecule has 6 atom stereocenters. The Hall–Kier alpha value is -3.27. The van der Waals surface area contributed by atoms with Crippen LogP contribution in [0.5, 0.6) is 5.75 Å². The molecular weight excluding hydrogens is 529 g/mol. The number of para-hydroxylation sites is 1. The zero-order valence-corrected chi connectivity index (χ0v) is 23.3. The van der Waals surface area contributed by atoms with Crippen LogP contribution in [-0.4, -0.2) is 57.6 Å². The van der Waals surface area contributed by atoms with Crippen LogP contribution < -0.4 is 21.0 Å². The molecule has 0 aliphatic carbocycles. The van der Waals surface area contributed by atoms with Gasteiger partial charge in [-0.2, -0.15) is 10.1 Å². The Morgan fingerprint density at radius 2 is 2.03 bits per heavy atom. The summed E-state index contributed by atoms with van der Waals surface area (Å²) in [7, 11) is -4.27. The lowest BCUT2D eigenvalue weighted by Gasteiger charge is -2.25. The summed E-state index contributed by atoms with van der Waals surface area (Å²) in [6.07, 6.45) is -2.59. The second-order valence-corrected chi connectivity index (χ2v) is 12.3. The number of benzene rings is 1. The highest BCUT2D eigenvalue weighted by Gasteiger charge is 2.61. The first-order chi connectivity index (χ1) is 18.2. The summed E-state index contributed by atoms with van der Waals surface area (Å²) in [5.41, 5.74) is 2.90. The van der Waals surface area contributed by atoms with Crippen molar-refractivity contribution in [2.24, 2.45) is 5.41 Å². The van der Waals surface area contributed by atoms with E-state index in [0.717, 1.165) is 4.57 Å². The summed E-state index contributed by atoms with van der Waals surface area (Å²) in [5, 5.41) is 13.6. The van der Waals surface area contributed by atoms with Crippen molar-refractivity contribution < 1.29 is 33.0 Å². The maximum absolute atomic E-state index is 13.8. The number of nitrogen functional groups attached to an aromatic ring is 1. The van der Waals surface area contributed by atoms with Crippen LogP contribution in [0.4, 0.5) is 5.82 Å². The van der Waals surface area contributed by atoms with Gasteiger partial charge in [0.15, 0.2) is 6.10 Å². The van der Waals surface area contributed by atoms with E-state index in [-0.39, 0.29) is 23.6 Å². The number of anilines is 1. The van der Waals surface area contributed by atoms with Gasteiger partial charge in [0.2, 0.25) is 6.23 Å².